The van der Waals surface area contributed by atoms with Crippen LogP contribution in [0.3, 0.4) is 0 Å². The van der Waals surface area contributed by atoms with Crippen LogP contribution < -0.4 is 11.1 Å². The zero-order valence-corrected chi connectivity index (χ0v) is 15.3. The summed E-state index contributed by atoms with van der Waals surface area (Å²) in [5.41, 5.74) is 9.71. The number of carboxylic acid groups (broad SMARTS) is 1. The second-order valence-corrected chi connectivity index (χ2v) is 6.71. The second-order valence-electron chi connectivity index (χ2n) is 6.71. The number of benzene rings is 2. The first-order valence-electron chi connectivity index (χ1n) is 9.10. The van der Waals surface area contributed by atoms with Crippen LogP contribution in [0.15, 0.2) is 48.5 Å². The number of carbonyl (C=O) groups excluding carboxylic acids is 2. The molecule has 1 aliphatic rings. The molecule has 0 aliphatic heterocycles. The van der Waals surface area contributed by atoms with E-state index >= 15 is 0 Å². The number of primary amides is 1. The number of aliphatic carboxylic acids is 1. The Labute approximate surface area is 162 Å². The van der Waals surface area contributed by atoms with E-state index in [9.17, 15) is 14.4 Å². The summed E-state index contributed by atoms with van der Waals surface area (Å²) in [7, 11) is 0. The largest absolute Gasteiger partial charge is 0.481 e. The molecule has 4 N–H and O–H groups in total. The Morgan fingerprint density at radius 3 is 2.14 bits per heavy atom. The Bertz CT molecular complexity index is 850. The molecular formula is C21H22N2O5. The van der Waals surface area contributed by atoms with Crippen molar-refractivity contribution in [1.82, 2.24) is 5.32 Å². The smallest absolute Gasteiger partial charge is 0.407 e. The summed E-state index contributed by atoms with van der Waals surface area (Å²) in [4.78, 5) is 34.3. The van der Waals surface area contributed by atoms with Crippen LogP contribution in [0.5, 0.6) is 0 Å². The third-order valence-electron chi connectivity index (χ3n) is 4.86. The molecule has 0 heterocycles. The first kappa shape index (κ1) is 19.4. The van der Waals surface area contributed by atoms with Crippen LogP contribution >= 0.6 is 0 Å². The van der Waals surface area contributed by atoms with Gasteiger partial charge in [0.05, 0.1) is 0 Å². The molecule has 7 nitrogen and oxygen atoms in total. The lowest BCUT2D eigenvalue weighted by Gasteiger charge is -2.17. The fourth-order valence-corrected chi connectivity index (χ4v) is 3.53. The highest BCUT2D eigenvalue weighted by atomic mass is 16.5. The van der Waals surface area contributed by atoms with E-state index in [1.807, 2.05) is 48.5 Å². The quantitative estimate of drug-likeness (QED) is 0.648. The van der Waals surface area contributed by atoms with Crippen molar-refractivity contribution in [3.8, 4) is 11.1 Å². The molecular weight excluding hydrogens is 360 g/mol. The molecule has 0 saturated carbocycles. The predicted octanol–water partition coefficient (Wildman–Crippen LogP) is 2.63. The van der Waals surface area contributed by atoms with Crippen LogP contribution in [0, 0.1) is 0 Å². The van der Waals surface area contributed by atoms with Crippen LogP contribution in [-0.4, -0.2) is 35.7 Å². The lowest BCUT2D eigenvalue weighted by molar-refractivity contribution is -0.137. The van der Waals surface area contributed by atoms with Gasteiger partial charge in [0.1, 0.15) is 12.6 Å². The van der Waals surface area contributed by atoms with E-state index in [2.05, 4.69) is 5.32 Å². The second kappa shape index (κ2) is 8.56. The number of hydrogen-bond acceptors (Lipinski definition) is 4. The van der Waals surface area contributed by atoms with E-state index in [1.54, 1.807) is 0 Å². The van der Waals surface area contributed by atoms with Crippen molar-refractivity contribution in [2.24, 2.45) is 5.73 Å². The van der Waals surface area contributed by atoms with Crippen molar-refractivity contribution in [3.63, 3.8) is 0 Å². The van der Waals surface area contributed by atoms with Gasteiger partial charge in [-0.3, -0.25) is 9.59 Å². The normalized spacial score (nSPS) is 13.3. The van der Waals surface area contributed by atoms with E-state index in [1.165, 1.54) is 0 Å². The molecule has 7 heteroatoms. The monoisotopic (exact) mass is 382 g/mol. The molecule has 0 aromatic heterocycles. The zero-order valence-electron chi connectivity index (χ0n) is 15.3. The highest BCUT2D eigenvalue weighted by Crippen LogP contribution is 2.44. The van der Waals surface area contributed by atoms with Crippen molar-refractivity contribution >= 4 is 18.0 Å². The van der Waals surface area contributed by atoms with Gasteiger partial charge < -0.3 is 20.9 Å². The lowest BCUT2D eigenvalue weighted by atomic mass is 9.98. The number of carbonyl (C=O) groups is 3. The summed E-state index contributed by atoms with van der Waals surface area (Å²) in [6, 6.07) is 15.0. The predicted molar refractivity (Wildman–Crippen MR) is 103 cm³/mol. The number of amides is 2. The Morgan fingerprint density at radius 1 is 1.04 bits per heavy atom. The van der Waals surface area contributed by atoms with Gasteiger partial charge in [-0.15, -0.1) is 0 Å². The molecule has 28 heavy (non-hydrogen) atoms. The van der Waals surface area contributed by atoms with Crippen LogP contribution in [0.1, 0.15) is 36.3 Å². The molecule has 0 bridgehead atoms. The summed E-state index contributed by atoms with van der Waals surface area (Å²) in [5, 5.41) is 11.1. The Balaban J connectivity index is 1.62. The van der Waals surface area contributed by atoms with Crippen LogP contribution in [0.25, 0.3) is 11.1 Å². The molecule has 0 spiro atoms. The van der Waals surface area contributed by atoms with Gasteiger partial charge in [0.2, 0.25) is 5.91 Å². The Hall–Kier alpha value is -3.35. The van der Waals surface area contributed by atoms with Gasteiger partial charge >= 0.3 is 12.1 Å². The molecule has 3 rings (SSSR count). The van der Waals surface area contributed by atoms with Crippen molar-refractivity contribution in [2.75, 3.05) is 6.61 Å². The van der Waals surface area contributed by atoms with Crippen LogP contribution in [0.4, 0.5) is 4.79 Å². The van der Waals surface area contributed by atoms with Crippen molar-refractivity contribution in [2.45, 2.75) is 31.2 Å². The minimum Gasteiger partial charge on any atom is -0.481 e. The van der Waals surface area contributed by atoms with Crippen molar-refractivity contribution in [1.29, 1.82) is 0 Å². The standard InChI is InChI=1S/C21H22N2O5/c22-20(26)18(10-5-11-19(24)25)23-21(27)28-12-17-15-8-3-1-6-13(15)14-7-2-4-9-16(14)17/h1-4,6-9,17-18H,5,10-12H2,(H2,22,26)(H,23,27)(H,24,25)/t18-/m0/s1. The Kier molecular flexibility index (Phi) is 5.93. The van der Waals surface area contributed by atoms with Gasteiger partial charge in [0.25, 0.3) is 0 Å². The van der Waals surface area contributed by atoms with Gasteiger partial charge in [0.15, 0.2) is 0 Å². The molecule has 146 valence electrons. The van der Waals surface area contributed by atoms with Gasteiger partial charge in [0, 0.05) is 12.3 Å². The molecule has 0 saturated heterocycles. The molecule has 0 fully saturated rings. The average Bonchev–Trinajstić information content (AvgIpc) is 2.99. The number of rotatable bonds is 8. The molecule has 0 radical (unpaired) electrons. The number of alkyl carbamates (subject to hydrolysis) is 1. The maximum Gasteiger partial charge on any atom is 0.407 e. The fraction of sp³-hybridized carbons (Fsp3) is 0.286. The number of carboxylic acids is 1. The SMILES string of the molecule is NC(=O)[C@H](CCCC(=O)O)NC(=O)OCC1c2ccccc2-c2ccccc21. The van der Waals surface area contributed by atoms with Crippen molar-refractivity contribution < 1.29 is 24.2 Å². The van der Waals surface area contributed by atoms with Gasteiger partial charge in [-0.2, -0.15) is 0 Å². The highest BCUT2D eigenvalue weighted by molar-refractivity contribution is 5.84. The number of fused-ring (bicyclic) bond motifs is 3. The average molecular weight is 382 g/mol. The summed E-state index contributed by atoms with van der Waals surface area (Å²) < 4.78 is 5.37. The van der Waals surface area contributed by atoms with Crippen LogP contribution in [0.2, 0.25) is 0 Å². The van der Waals surface area contributed by atoms with E-state index in [4.69, 9.17) is 15.6 Å². The maximum atomic E-state index is 12.2. The topological polar surface area (TPSA) is 119 Å². The van der Waals surface area contributed by atoms with E-state index in [0.717, 1.165) is 22.3 Å². The number of ether oxygens (including phenoxy) is 1. The number of hydrogen-bond donors (Lipinski definition) is 3. The summed E-state index contributed by atoms with van der Waals surface area (Å²) in [6.45, 7) is 0.125. The first-order valence-corrected chi connectivity index (χ1v) is 9.10. The first-order chi connectivity index (χ1) is 13.5. The molecule has 2 amide bonds. The fourth-order valence-electron chi connectivity index (χ4n) is 3.53. The molecule has 0 unspecified atom stereocenters. The lowest BCUT2D eigenvalue weighted by Crippen LogP contribution is -2.44. The van der Waals surface area contributed by atoms with Gasteiger partial charge in [-0.05, 0) is 35.1 Å². The highest BCUT2D eigenvalue weighted by Gasteiger charge is 2.29. The van der Waals surface area contributed by atoms with E-state index < -0.39 is 24.0 Å². The Morgan fingerprint density at radius 2 is 1.61 bits per heavy atom. The third-order valence-corrected chi connectivity index (χ3v) is 4.86. The third kappa shape index (κ3) is 4.31. The molecule has 1 aliphatic carbocycles. The number of nitrogens with two attached hydrogens (primary N) is 1. The van der Waals surface area contributed by atoms with Crippen molar-refractivity contribution in [3.05, 3.63) is 59.7 Å². The summed E-state index contributed by atoms with van der Waals surface area (Å²) in [5.74, 6) is -1.78. The summed E-state index contributed by atoms with van der Waals surface area (Å²) >= 11 is 0. The van der Waals surface area contributed by atoms with Gasteiger partial charge in [-0.1, -0.05) is 48.5 Å². The minimum absolute atomic E-state index is 0.0859. The zero-order chi connectivity index (χ0) is 20.1. The molecule has 1 atom stereocenters. The molecule has 2 aromatic carbocycles. The summed E-state index contributed by atoms with van der Waals surface area (Å²) in [6.07, 6.45) is -0.477. The van der Waals surface area contributed by atoms with E-state index in [-0.39, 0.29) is 31.8 Å². The number of nitrogens with one attached hydrogen (secondary N) is 1. The minimum atomic E-state index is -0.968. The van der Waals surface area contributed by atoms with E-state index in [0.29, 0.717) is 0 Å². The van der Waals surface area contributed by atoms with Crippen LogP contribution in [-0.2, 0) is 14.3 Å². The van der Waals surface area contributed by atoms with Gasteiger partial charge in [-0.25, -0.2) is 4.79 Å². The maximum absolute atomic E-state index is 12.2. The molecule has 2 aromatic rings.